The Morgan fingerprint density at radius 3 is 2.70 bits per heavy atom. The van der Waals surface area contributed by atoms with Gasteiger partial charge in [-0.25, -0.2) is 0 Å². The highest BCUT2D eigenvalue weighted by Gasteiger charge is 2.39. The minimum atomic E-state index is -0.405. The summed E-state index contributed by atoms with van der Waals surface area (Å²) in [6.07, 6.45) is 3.83. The average Bonchev–Trinajstić information content (AvgIpc) is 3.27. The van der Waals surface area contributed by atoms with Gasteiger partial charge in [0.1, 0.15) is 5.69 Å². The first kappa shape index (κ1) is 15.0. The number of pyridine rings is 1. The van der Waals surface area contributed by atoms with Crippen molar-refractivity contribution in [3.63, 3.8) is 0 Å². The van der Waals surface area contributed by atoms with Crippen LogP contribution in [0.4, 0.5) is 11.4 Å². The van der Waals surface area contributed by atoms with Gasteiger partial charge >= 0.3 is 0 Å². The lowest BCUT2D eigenvalue weighted by atomic mass is 10.1. The normalized spacial score (nSPS) is 19.0. The standard InChI is InChI=1S/C17H17N3O3/c1-10-7-13(10)17(23)19-12-4-2-3-11(8-12)16(22)20-14-9-18-6-5-15(14)21/h2-6,8-10,13H,7H2,1H3,(H,18,21)(H,19,23)(H,20,22)/t10-,13+/m1/s1. The molecule has 1 saturated carbocycles. The van der Waals surface area contributed by atoms with Crippen LogP contribution in [0.3, 0.4) is 0 Å². The fraction of sp³-hybridized carbons (Fsp3) is 0.235. The maximum Gasteiger partial charge on any atom is 0.255 e. The fourth-order valence-corrected chi connectivity index (χ4v) is 2.37. The number of carbonyl (C=O) groups is 2. The molecule has 118 valence electrons. The molecule has 1 aromatic carbocycles. The van der Waals surface area contributed by atoms with Crippen molar-refractivity contribution in [3.8, 4) is 0 Å². The number of hydrogen-bond donors (Lipinski definition) is 3. The maximum atomic E-state index is 12.2. The second-order valence-electron chi connectivity index (χ2n) is 5.77. The number of amides is 2. The van der Waals surface area contributed by atoms with Crippen molar-refractivity contribution < 1.29 is 9.59 Å². The number of hydrogen-bond acceptors (Lipinski definition) is 3. The van der Waals surface area contributed by atoms with Gasteiger partial charge in [0.2, 0.25) is 11.3 Å². The molecule has 3 rings (SSSR count). The molecule has 0 saturated heterocycles. The largest absolute Gasteiger partial charge is 0.366 e. The Morgan fingerprint density at radius 1 is 1.22 bits per heavy atom. The van der Waals surface area contributed by atoms with E-state index in [1.807, 2.05) is 6.92 Å². The Labute approximate surface area is 132 Å². The monoisotopic (exact) mass is 311 g/mol. The highest BCUT2D eigenvalue weighted by atomic mass is 16.2. The van der Waals surface area contributed by atoms with Gasteiger partial charge in [-0.3, -0.25) is 14.4 Å². The molecule has 6 heteroatoms. The molecular weight excluding hydrogens is 294 g/mol. The highest BCUT2D eigenvalue weighted by molar-refractivity contribution is 6.05. The van der Waals surface area contributed by atoms with E-state index in [4.69, 9.17) is 0 Å². The Bertz CT molecular complexity index is 812. The minimum absolute atomic E-state index is 0.0189. The smallest absolute Gasteiger partial charge is 0.255 e. The molecule has 1 fully saturated rings. The van der Waals surface area contributed by atoms with Crippen LogP contribution < -0.4 is 16.1 Å². The summed E-state index contributed by atoms with van der Waals surface area (Å²) >= 11 is 0. The molecule has 2 atom stereocenters. The Balaban J connectivity index is 1.71. The maximum absolute atomic E-state index is 12.2. The van der Waals surface area contributed by atoms with E-state index >= 15 is 0 Å². The molecule has 0 spiro atoms. The van der Waals surface area contributed by atoms with Crippen LogP contribution in [0.5, 0.6) is 0 Å². The second-order valence-corrected chi connectivity index (χ2v) is 5.77. The summed E-state index contributed by atoms with van der Waals surface area (Å²) in [6.45, 7) is 2.03. The predicted octanol–water partition coefficient (Wildman–Crippen LogP) is 2.22. The molecule has 3 N–H and O–H groups in total. The first-order valence-electron chi connectivity index (χ1n) is 7.44. The predicted molar refractivity (Wildman–Crippen MR) is 87.4 cm³/mol. The molecular formula is C17H17N3O3. The number of benzene rings is 1. The lowest BCUT2D eigenvalue weighted by molar-refractivity contribution is -0.117. The van der Waals surface area contributed by atoms with Gasteiger partial charge in [0.15, 0.2) is 0 Å². The van der Waals surface area contributed by atoms with Gasteiger partial charge < -0.3 is 15.6 Å². The van der Waals surface area contributed by atoms with Gasteiger partial charge in [-0.15, -0.1) is 0 Å². The third-order valence-corrected chi connectivity index (χ3v) is 3.91. The zero-order valence-electron chi connectivity index (χ0n) is 12.6. The van der Waals surface area contributed by atoms with E-state index in [0.717, 1.165) is 6.42 Å². The minimum Gasteiger partial charge on any atom is -0.366 e. The average molecular weight is 311 g/mol. The Morgan fingerprint density at radius 2 is 2.00 bits per heavy atom. The molecule has 1 aliphatic rings. The SMILES string of the molecule is C[C@@H]1C[C@@H]1C(=O)Nc1cccc(C(=O)Nc2c[nH]ccc2=O)c1. The van der Waals surface area contributed by atoms with Crippen LogP contribution >= 0.6 is 0 Å². The van der Waals surface area contributed by atoms with Gasteiger partial charge in [0.05, 0.1) is 0 Å². The van der Waals surface area contributed by atoms with Crippen LogP contribution in [0.15, 0.2) is 47.5 Å². The van der Waals surface area contributed by atoms with Gasteiger partial charge in [0, 0.05) is 35.6 Å². The number of aromatic amines is 1. The summed E-state index contributed by atoms with van der Waals surface area (Å²) in [7, 11) is 0. The molecule has 23 heavy (non-hydrogen) atoms. The lowest BCUT2D eigenvalue weighted by Crippen LogP contribution is -2.19. The zero-order chi connectivity index (χ0) is 16.4. The van der Waals surface area contributed by atoms with Crippen LogP contribution in [-0.4, -0.2) is 16.8 Å². The van der Waals surface area contributed by atoms with Gasteiger partial charge in [0.25, 0.3) is 5.91 Å². The van der Waals surface area contributed by atoms with E-state index < -0.39 is 5.91 Å². The quantitative estimate of drug-likeness (QED) is 0.808. The third kappa shape index (κ3) is 3.48. The number of aromatic nitrogens is 1. The summed E-state index contributed by atoms with van der Waals surface area (Å²) in [5.41, 5.74) is 0.849. The molecule has 2 aromatic rings. The van der Waals surface area contributed by atoms with Crippen molar-refractivity contribution in [2.24, 2.45) is 11.8 Å². The summed E-state index contributed by atoms with van der Waals surface area (Å²) < 4.78 is 0. The van der Waals surface area contributed by atoms with Crippen LogP contribution in [0.1, 0.15) is 23.7 Å². The Hall–Kier alpha value is -2.89. The molecule has 0 unspecified atom stereocenters. The molecule has 1 aromatic heterocycles. The zero-order valence-corrected chi connectivity index (χ0v) is 12.6. The van der Waals surface area contributed by atoms with E-state index in [9.17, 15) is 14.4 Å². The molecule has 6 nitrogen and oxygen atoms in total. The summed E-state index contributed by atoms with van der Waals surface area (Å²) in [4.78, 5) is 38.5. The van der Waals surface area contributed by atoms with Crippen molar-refractivity contribution in [2.75, 3.05) is 10.6 Å². The van der Waals surface area contributed by atoms with Crippen LogP contribution in [0.2, 0.25) is 0 Å². The molecule has 0 aliphatic heterocycles. The topological polar surface area (TPSA) is 91.1 Å². The van der Waals surface area contributed by atoms with Crippen molar-refractivity contribution in [1.29, 1.82) is 0 Å². The Kier molecular flexibility index (Phi) is 3.97. The van der Waals surface area contributed by atoms with Crippen molar-refractivity contribution in [3.05, 3.63) is 58.5 Å². The molecule has 1 aliphatic carbocycles. The fourth-order valence-electron chi connectivity index (χ4n) is 2.37. The molecule has 1 heterocycles. The van der Waals surface area contributed by atoms with Crippen LogP contribution in [-0.2, 0) is 4.79 Å². The highest BCUT2D eigenvalue weighted by Crippen LogP contribution is 2.38. The van der Waals surface area contributed by atoms with E-state index in [-0.39, 0.29) is 22.9 Å². The molecule has 0 radical (unpaired) electrons. The number of rotatable bonds is 4. The molecule has 0 bridgehead atoms. The summed E-state index contributed by atoms with van der Waals surface area (Å²) in [6, 6.07) is 7.98. The third-order valence-electron chi connectivity index (χ3n) is 3.91. The van der Waals surface area contributed by atoms with Crippen LogP contribution in [0.25, 0.3) is 0 Å². The van der Waals surface area contributed by atoms with E-state index in [2.05, 4.69) is 15.6 Å². The van der Waals surface area contributed by atoms with Crippen molar-refractivity contribution in [2.45, 2.75) is 13.3 Å². The summed E-state index contributed by atoms with van der Waals surface area (Å²) in [5.74, 6) is 0.0637. The van der Waals surface area contributed by atoms with Crippen molar-refractivity contribution >= 4 is 23.2 Å². The van der Waals surface area contributed by atoms with E-state index in [1.165, 1.54) is 18.5 Å². The first-order chi connectivity index (χ1) is 11.0. The number of carbonyl (C=O) groups excluding carboxylic acids is 2. The van der Waals surface area contributed by atoms with E-state index in [1.54, 1.807) is 24.3 Å². The van der Waals surface area contributed by atoms with Gasteiger partial charge in [-0.05, 0) is 30.5 Å². The number of anilines is 2. The second kappa shape index (κ2) is 6.08. The van der Waals surface area contributed by atoms with Gasteiger partial charge in [-0.1, -0.05) is 13.0 Å². The number of nitrogens with one attached hydrogen (secondary N) is 3. The molecule has 2 amide bonds. The van der Waals surface area contributed by atoms with Gasteiger partial charge in [-0.2, -0.15) is 0 Å². The van der Waals surface area contributed by atoms with Crippen molar-refractivity contribution in [1.82, 2.24) is 4.98 Å². The van der Waals surface area contributed by atoms with E-state index in [0.29, 0.717) is 17.2 Å². The summed E-state index contributed by atoms with van der Waals surface area (Å²) in [5, 5.41) is 5.37. The first-order valence-corrected chi connectivity index (χ1v) is 7.44. The number of H-pyrrole nitrogens is 1. The lowest BCUT2D eigenvalue weighted by Gasteiger charge is -2.08. The van der Waals surface area contributed by atoms with Crippen LogP contribution in [0, 0.1) is 11.8 Å².